The Morgan fingerprint density at radius 1 is 1.21 bits per heavy atom. The zero-order valence-electron chi connectivity index (χ0n) is 18.9. The van der Waals surface area contributed by atoms with Crippen LogP contribution >= 0.6 is 0 Å². The molecule has 0 aromatic heterocycles. The van der Waals surface area contributed by atoms with Crippen molar-refractivity contribution in [3.05, 3.63) is 48.0 Å². The number of hydrogen-bond acceptors (Lipinski definition) is 4. The second kappa shape index (κ2) is 7.97. The summed E-state index contributed by atoms with van der Waals surface area (Å²) in [6.07, 6.45) is 1.64. The summed E-state index contributed by atoms with van der Waals surface area (Å²) in [7, 11) is 0. The van der Waals surface area contributed by atoms with Gasteiger partial charge in [-0.3, -0.25) is 14.4 Å². The highest BCUT2D eigenvalue weighted by Gasteiger charge is 2.69. The van der Waals surface area contributed by atoms with Gasteiger partial charge in [-0.15, -0.1) is 0 Å². The fourth-order valence-electron chi connectivity index (χ4n) is 5.88. The minimum absolute atomic E-state index is 0.0236. The van der Waals surface area contributed by atoms with Crippen molar-refractivity contribution in [2.24, 2.45) is 23.2 Å². The van der Waals surface area contributed by atoms with Crippen LogP contribution in [0.1, 0.15) is 37.0 Å². The van der Waals surface area contributed by atoms with Crippen LogP contribution in [0.5, 0.6) is 0 Å². The summed E-state index contributed by atoms with van der Waals surface area (Å²) < 4.78 is 0. The maximum Gasteiger partial charge on any atom is 0.254 e. The Labute approximate surface area is 192 Å². The predicted octanol–water partition coefficient (Wildman–Crippen LogP) is 2.15. The molecule has 5 rings (SSSR count). The van der Waals surface area contributed by atoms with Crippen LogP contribution in [0.2, 0.25) is 0 Å². The average molecular weight is 448 g/mol. The molecule has 7 nitrogen and oxygen atoms in total. The first kappa shape index (κ1) is 21.6. The van der Waals surface area contributed by atoms with Crippen molar-refractivity contribution in [1.82, 2.24) is 15.5 Å². The summed E-state index contributed by atoms with van der Waals surface area (Å²) in [4.78, 5) is 52.2. The van der Waals surface area contributed by atoms with Crippen LogP contribution in [0.3, 0.4) is 0 Å². The molecule has 33 heavy (non-hydrogen) atoms. The van der Waals surface area contributed by atoms with Gasteiger partial charge in [-0.1, -0.05) is 44.2 Å². The number of nitrogens with one attached hydrogen (secondary N) is 2. The zero-order chi connectivity index (χ0) is 23.3. The summed E-state index contributed by atoms with van der Waals surface area (Å²) >= 11 is 0. The molecule has 2 heterocycles. The van der Waals surface area contributed by atoms with Crippen LogP contribution in [0.15, 0.2) is 42.5 Å². The van der Waals surface area contributed by atoms with Crippen molar-refractivity contribution >= 4 is 34.8 Å². The molecule has 3 fully saturated rings. The number of likely N-dealkylation sites (tertiary alicyclic amines) is 1. The maximum atomic E-state index is 13.5. The highest BCUT2D eigenvalue weighted by Crippen LogP contribution is 2.65. The monoisotopic (exact) mass is 447 g/mol. The van der Waals surface area contributed by atoms with Gasteiger partial charge in [0, 0.05) is 24.6 Å². The second-order valence-electron chi connectivity index (χ2n) is 10.2. The van der Waals surface area contributed by atoms with Gasteiger partial charge in [-0.05, 0) is 53.0 Å². The number of benzene rings is 2. The van der Waals surface area contributed by atoms with Gasteiger partial charge in [-0.2, -0.15) is 0 Å². The lowest BCUT2D eigenvalue weighted by molar-refractivity contribution is -0.129. The molecular formula is C26H29N3O4. The molecule has 0 spiro atoms. The number of piperidine rings is 1. The molecule has 2 saturated heterocycles. The van der Waals surface area contributed by atoms with Crippen molar-refractivity contribution in [2.45, 2.75) is 38.8 Å². The molecule has 3 amide bonds. The standard InChI is InChI=1S/C26H29N3O4/c1-26(2)20-13-29(25(33)18-8-7-15-5-3-4-6-16(15)11-18)22(21(20)26)24(32)28-19(14-30)12-17-9-10-27-23(17)31/h3-8,11,14,17,19-22H,9-10,12-13H2,1-2H3,(H,27,31)(H,28,32)/t17-,19-,20?,21?,22+/m0/s1. The molecule has 2 unspecified atom stereocenters. The molecule has 1 saturated carbocycles. The summed E-state index contributed by atoms with van der Waals surface area (Å²) in [6, 6.07) is 12.1. The lowest BCUT2D eigenvalue weighted by Crippen LogP contribution is -2.52. The third-order valence-corrected chi connectivity index (χ3v) is 7.93. The fourth-order valence-corrected chi connectivity index (χ4v) is 5.88. The average Bonchev–Trinajstić information content (AvgIpc) is 3.16. The van der Waals surface area contributed by atoms with E-state index in [0.29, 0.717) is 31.4 Å². The highest BCUT2D eigenvalue weighted by molar-refractivity contribution is 6.01. The van der Waals surface area contributed by atoms with Gasteiger partial charge in [0.25, 0.3) is 5.91 Å². The minimum Gasteiger partial charge on any atom is -0.356 e. The maximum absolute atomic E-state index is 13.5. The third kappa shape index (κ3) is 3.69. The van der Waals surface area contributed by atoms with Gasteiger partial charge >= 0.3 is 0 Å². The molecule has 5 atom stereocenters. The van der Waals surface area contributed by atoms with Gasteiger partial charge in [0.1, 0.15) is 12.3 Å². The van der Waals surface area contributed by atoms with Crippen LogP contribution in [-0.4, -0.2) is 54.1 Å². The zero-order valence-corrected chi connectivity index (χ0v) is 18.9. The van der Waals surface area contributed by atoms with E-state index in [1.165, 1.54) is 0 Å². The first-order chi connectivity index (χ1) is 15.8. The molecule has 7 heteroatoms. The van der Waals surface area contributed by atoms with Gasteiger partial charge in [-0.25, -0.2) is 0 Å². The Morgan fingerprint density at radius 3 is 2.67 bits per heavy atom. The lowest BCUT2D eigenvalue weighted by Gasteiger charge is -2.31. The van der Waals surface area contributed by atoms with E-state index >= 15 is 0 Å². The van der Waals surface area contributed by atoms with E-state index in [1.54, 1.807) is 4.90 Å². The number of aldehydes is 1. The van der Waals surface area contributed by atoms with Crippen LogP contribution < -0.4 is 10.6 Å². The van der Waals surface area contributed by atoms with Crippen molar-refractivity contribution in [1.29, 1.82) is 0 Å². The van der Waals surface area contributed by atoms with Gasteiger partial charge in [0.15, 0.2) is 0 Å². The number of nitrogens with zero attached hydrogens (tertiary/aromatic N) is 1. The van der Waals surface area contributed by atoms with Crippen LogP contribution in [0, 0.1) is 23.2 Å². The van der Waals surface area contributed by atoms with Crippen LogP contribution in [-0.2, 0) is 14.4 Å². The number of carbonyl (C=O) groups is 4. The normalized spacial score (nSPS) is 28.2. The van der Waals surface area contributed by atoms with E-state index in [2.05, 4.69) is 24.5 Å². The first-order valence-electron chi connectivity index (χ1n) is 11.6. The topological polar surface area (TPSA) is 95.6 Å². The smallest absolute Gasteiger partial charge is 0.254 e. The Bertz CT molecular complexity index is 1140. The van der Waals surface area contributed by atoms with Gasteiger partial charge in [0.2, 0.25) is 11.8 Å². The van der Waals surface area contributed by atoms with Crippen molar-refractivity contribution in [2.75, 3.05) is 13.1 Å². The molecule has 172 valence electrons. The molecule has 1 aliphatic carbocycles. The molecule has 2 aromatic rings. The summed E-state index contributed by atoms with van der Waals surface area (Å²) in [5.41, 5.74) is 0.532. The molecule has 2 aliphatic heterocycles. The van der Waals surface area contributed by atoms with E-state index in [4.69, 9.17) is 0 Å². The second-order valence-corrected chi connectivity index (χ2v) is 10.2. The lowest BCUT2D eigenvalue weighted by atomic mass is 9.97. The molecule has 2 N–H and O–H groups in total. The minimum atomic E-state index is -0.745. The summed E-state index contributed by atoms with van der Waals surface area (Å²) in [6.45, 7) is 5.37. The van der Waals surface area contributed by atoms with Crippen LogP contribution in [0.4, 0.5) is 0 Å². The van der Waals surface area contributed by atoms with Crippen molar-refractivity contribution in [3.8, 4) is 0 Å². The third-order valence-electron chi connectivity index (χ3n) is 7.93. The SMILES string of the molecule is CC1(C)C2CN(C(=O)c3ccc4ccccc4c3)[C@@H](C(=O)N[C@H](C=O)C[C@@H]3CCNC3=O)C21. The Morgan fingerprint density at radius 2 is 1.97 bits per heavy atom. The first-order valence-corrected chi connectivity index (χ1v) is 11.6. The number of fused-ring (bicyclic) bond motifs is 2. The van der Waals surface area contributed by atoms with E-state index in [1.807, 2.05) is 42.5 Å². The predicted molar refractivity (Wildman–Crippen MR) is 123 cm³/mol. The molecule has 2 aromatic carbocycles. The quantitative estimate of drug-likeness (QED) is 0.664. The van der Waals surface area contributed by atoms with Crippen molar-refractivity contribution < 1.29 is 19.2 Å². The van der Waals surface area contributed by atoms with E-state index in [0.717, 1.165) is 10.8 Å². The Kier molecular flexibility index (Phi) is 5.22. The Hall–Kier alpha value is -3.22. The molecule has 0 radical (unpaired) electrons. The molecular weight excluding hydrogens is 418 g/mol. The van der Waals surface area contributed by atoms with E-state index in [-0.39, 0.29) is 47.3 Å². The highest BCUT2D eigenvalue weighted by atomic mass is 16.2. The fraction of sp³-hybridized carbons (Fsp3) is 0.462. The Balaban J connectivity index is 1.36. The number of carbonyl (C=O) groups excluding carboxylic acids is 4. The van der Waals surface area contributed by atoms with E-state index in [9.17, 15) is 19.2 Å². The number of rotatable bonds is 6. The van der Waals surface area contributed by atoms with Gasteiger partial charge < -0.3 is 20.3 Å². The summed E-state index contributed by atoms with van der Waals surface area (Å²) in [5.74, 6) is -0.505. The van der Waals surface area contributed by atoms with Crippen molar-refractivity contribution in [3.63, 3.8) is 0 Å². The van der Waals surface area contributed by atoms with E-state index < -0.39 is 12.1 Å². The van der Waals surface area contributed by atoms with Crippen LogP contribution in [0.25, 0.3) is 10.8 Å². The largest absolute Gasteiger partial charge is 0.356 e. The number of hydrogen-bond donors (Lipinski definition) is 2. The molecule has 3 aliphatic rings. The number of amides is 3. The molecule has 0 bridgehead atoms. The van der Waals surface area contributed by atoms with Gasteiger partial charge in [0.05, 0.1) is 6.04 Å². The summed E-state index contributed by atoms with van der Waals surface area (Å²) in [5, 5.41) is 7.63.